The maximum Gasteiger partial charge on any atom is 0.231 e. The number of thiazole rings is 1. The summed E-state index contributed by atoms with van der Waals surface area (Å²) in [6.45, 7) is 7.75. The number of benzene rings is 1. The normalized spacial score (nSPS) is 14.7. The highest BCUT2D eigenvalue weighted by molar-refractivity contribution is 7.13. The Balaban J connectivity index is 1.70. The van der Waals surface area contributed by atoms with Gasteiger partial charge >= 0.3 is 0 Å². The van der Waals surface area contributed by atoms with E-state index in [4.69, 9.17) is 14.5 Å². The summed E-state index contributed by atoms with van der Waals surface area (Å²) in [5.41, 5.74) is 2.16. The van der Waals surface area contributed by atoms with Gasteiger partial charge in [0.2, 0.25) is 6.79 Å². The molecule has 0 fully saturated rings. The Labute approximate surface area is 129 Å². The molecule has 0 saturated heterocycles. The van der Waals surface area contributed by atoms with E-state index in [1.807, 2.05) is 18.2 Å². The number of ether oxygens (including phenoxy) is 2. The standard InChI is InChI=1S/C16H20N2O2S/c1-10(2)11(3)17-7-13-8-21-16(18-13)12-4-5-14-15(6-12)20-9-19-14/h4-6,8,10-11,17H,7,9H2,1-3H3. The van der Waals surface area contributed by atoms with Crippen molar-refractivity contribution < 1.29 is 9.47 Å². The van der Waals surface area contributed by atoms with E-state index in [9.17, 15) is 0 Å². The van der Waals surface area contributed by atoms with Crippen molar-refractivity contribution in [1.29, 1.82) is 0 Å². The lowest BCUT2D eigenvalue weighted by Gasteiger charge is -2.16. The molecular formula is C16H20N2O2S. The molecule has 5 heteroatoms. The first-order valence-corrected chi connectivity index (χ1v) is 8.09. The third-order valence-corrected chi connectivity index (χ3v) is 4.72. The fraction of sp³-hybridized carbons (Fsp3) is 0.438. The number of nitrogens with one attached hydrogen (secondary N) is 1. The number of nitrogens with zero attached hydrogens (tertiary/aromatic N) is 1. The largest absolute Gasteiger partial charge is 0.454 e. The molecule has 0 saturated carbocycles. The van der Waals surface area contributed by atoms with Gasteiger partial charge in [0.1, 0.15) is 5.01 Å². The smallest absolute Gasteiger partial charge is 0.231 e. The SMILES string of the molecule is CC(C)C(C)NCc1csc(-c2ccc3c(c2)OCO3)n1. The van der Waals surface area contributed by atoms with Crippen molar-refractivity contribution in [2.75, 3.05) is 6.79 Å². The summed E-state index contributed by atoms with van der Waals surface area (Å²) in [6, 6.07) is 6.45. The Kier molecular flexibility index (Phi) is 4.12. The molecule has 1 N–H and O–H groups in total. The second kappa shape index (κ2) is 6.03. The highest BCUT2D eigenvalue weighted by atomic mass is 32.1. The number of fused-ring (bicyclic) bond motifs is 1. The minimum atomic E-state index is 0.304. The van der Waals surface area contributed by atoms with Gasteiger partial charge in [-0.15, -0.1) is 11.3 Å². The van der Waals surface area contributed by atoms with Crippen molar-refractivity contribution in [3.63, 3.8) is 0 Å². The van der Waals surface area contributed by atoms with Crippen LogP contribution in [0, 0.1) is 5.92 Å². The molecule has 1 atom stereocenters. The molecule has 1 aliphatic heterocycles. The Bertz CT molecular complexity index is 624. The molecule has 0 spiro atoms. The van der Waals surface area contributed by atoms with Crippen molar-refractivity contribution in [3.8, 4) is 22.1 Å². The van der Waals surface area contributed by atoms with Crippen LogP contribution in [0.5, 0.6) is 11.5 Å². The highest BCUT2D eigenvalue weighted by Gasteiger charge is 2.15. The van der Waals surface area contributed by atoms with Crippen LogP contribution in [0.1, 0.15) is 26.5 Å². The summed E-state index contributed by atoms with van der Waals surface area (Å²) in [7, 11) is 0. The second-order valence-corrected chi connectivity index (χ2v) is 6.48. The topological polar surface area (TPSA) is 43.4 Å². The molecule has 0 aliphatic carbocycles. The number of hydrogen-bond donors (Lipinski definition) is 1. The van der Waals surface area contributed by atoms with Crippen molar-refractivity contribution in [2.45, 2.75) is 33.4 Å². The van der Waals surface area contributed by atoms with Gasteiger partial charge in [0.25, 0.3) is 0 Å². The summed E-state index contributed by atoms with van der Waals surface area (Å²) >= 11 is 1.66. The lowest BCUT2D eigenvalue weighted by Crippen LogP contribution is -2.30. The molecule has 1 aromatic heterocycles. The monoisotopic (exact) mass is 304 g/mol. The molecular weight excluding hydrogens is 284 g/mol. The van der Waals surface area contributed by atoms with E-state index in [0.717, 1.165) is 34.3 Å². The predicted molar refractivity (Wildman–Crippen MR) is 84.8 cm³/mol. The summed E-state index contributed by atoms with van der Waals surface area (Å²) < 4.78 is 10.7. The Morgan fingerprint density at radius 3 is 2.86 bits per heavy atom. The zero-order valence-electron chi connectivity index (χ0n) is 12.6. The molecule has 1 aromatic carbocycles. The van der Waals surface area contributed by atoms with E-state index in [1.54, 1.807) is 11.3 Å². The van der Waals surface area contributed by atoms with Crippen LogP contribution in [0.3, 0.4) is 0 Å². The van der Waals surface area contributed by atoms with Crippen LogP contribution in [-0.2, 0) is 6.54 Å². The van der Waals surface area contributed by atoms with E-state index in [1.165, 1.54) is 0 Å². The first kappa shape index (κ1) is 14.4. The molecule has 0 amide bonds. The van der Waals surface area contributed by atoms with Crippen LogP contribution >= 0.6 is 11.3 Å². The molecule has 4 nitrogen and oxygen atoms in total. The maximum atomic E-state index is 5.41. The second-order valence-electron chi connectivity index (χ2n) is 5.63. The van der Waals surface area contributed by atoms with E-state index < -0.39 is 0 Å². The van der Waals surface area contributed by atoms with Crippen LogP contribution in [0.4, 0.5) is 0 Å². The van der Waals surface area contributed by atoms with Gasteiger partial charge in [0.05, 0.1) is 5.69 Å². The molecule has 21 heavy (non-hydrogen) atoms. The van der Waals surface area contributed by atoms with Gasteiger partial charge in [-0.3, -0.25) is 0 Å². The Hall–Kier alpha value is -1.59. The van der Waals surface area contributed by atoms with Crippen LogP contribution < -0.4 is 14.8 Å². The van der Waals surface area contributed by atoms with Gasteiger partial charge in [-0.1, -0.05) is 13.8 Å². The molecule has 3 rings (SSSR count). The first-order chi connectivity index (χ1) is 10.1. The number of hydrogen-bond acceptors (Lipinski definition) is 5. The van der Waals surface area contributed by atoms with Crippen LogP contribution in [0.15, 0.2) is 23.6 Å². The number of aromatic nitrogens is 1. The van der Waals surface area contributed by atoms with Gasteiger partial charge in [0, 0.05) is 23.5 Å². The van der Waals surface area contributed by atoms with Crippen LogP contribution in [-0.4, -0.2) is 17.8 Å². The van der Waals surface area contributed by atoms with Crippen molar-refractivity contribution in [2.24, 2.45) is 5.92 Å². The van der Waals surface area contributed by atoms with Gasteiger partial charge < -0.3 is 14.8 Å². The Morgan fingerprint density at radius 2 is 2.05 bits per heavy atom. The zero-order chi connectivity index (χ0) is 14.8. The van der Waals surface area contributed by atoms with E-state index >= 15 is 0 Å². The highest BCUT2D eigenvalue weighted by Crippen LogP contribution is 2.36. The fourth-order valence-corrected chi connectivity index (χ4v) is 2.87. The lowest BCUT2D eigenvalue weighted by molar-refractivity contribution is 0.174. The minimum Gasteiger partial charge on any atom is -0.454 e. The van der Waals surface area contributed by atoms with Gasteiger partial charge in [-0.25, -0.2) is 4.98 Å². The predicted octanol–water partition coefficient (Wildman–Crippen LogP) is 3.67. The first-order valence-electron chi connectivity index (χ1n) is 7.21. The van der Waals surface area contributed by atoms with Crippen LogP contribution in [0.25, 0.3) is 10.6 Å². The van der Waals surface area contributed by atoms with Crippen molar-refractivity contribution in [1.82, 2.24) is 10.3 Å². The average Bonchev–Trinajstić information content (AvgIpc) is 3.12. The van der Waals surface area contributed by atoms with Gasteiger partial charge in [0.15, 0.2) is 11.5 Å². The van der Waals surface area contributed by atoms with E-state index in [0.29, 0.717) is 18.8 Å². The molecule has 1 aliphatic rings. The van der Waals surface area contributed by atoms with Crippen molar-refractivity contribution >= 4 is 11.3 Å². The summed E-state index contributed by atoms with van der Waals surface area (Å²) in [4.78, 5) is 4.70. The maximum absolute atomic E-state index is 5.41. The molecule has 2 aromatic rings. The summed E-state index contributed by atoms with van der Waals surface area (Å²) in [5.74, 6) is 2.23. The zero-order valence-corrected chi connectivity index (χ0v) is 13.4. The van der Waals surface area contributed by atoms with Crippen molar-refractivity contribution in [3.05, 3.63) is 29.3 Å². The molecule has 0 radical (unpaired) electrons. The van der Waals surface area contributed by atoms with E-state index in [2.05, 4.69) is 31.5 Å². The molecule has 2 heterocycles. The van der Waals surface area contributed by atoms with Crippen LogP contribution in [0.2, 0.25) is 0 Å². The fourth-order valence-electron chi connectivity index (χ4n) is 2.05. The van der Waals surface area contributed by atoms with E-state index in [-0.39, 0.29) is 0 Å². The summed E-state index contributed by atoms with van der Waals surface area (Å²) in [5, 5.41) is 6.63. The summed E-state index contributed by atoms with van der Waals surface area (Å²) in [6.07, 6.45) is 0. The third kappa shape index (κ3) is 3.19. The van der Waals surface area contributed by atoms with Gasteiger partial charge in [-0.2, -0.15) is 0 Å². The average molecular weight is 304 g/mol. The lowest BCUT2D eigenvalue weighted by atomic mass is 10.1. The minimum absolute atomic E-state index is 0.304. The van der Waals surface area contributed by atoms with Gasteiger partial charge in [-0.05, 0) is 31.0 Å². The molecule has 112 valence electrons. The molecule has 1 unspecified atom stereocenters. The number of rotatable bonds is 5. The quantitative estimate of drug-likeness (QED) is 0.915. The molecule has 0 bridgehead atoms. The third-order valence-electron chi connectivity index (χ3n) is 3.78. The Morgan fingerprint density at radius 1 is 1.24 bits per heavy atom.